The Labute approximate surface area is 109 Å². The van der Waals surface area contributed by atoms with Crippen LogP contribution in [0.1, 0.15) is 66.2 Å². The lowest BCUT2D eigenvalue weighted by molar-refractivity contribution is 0.196. The van der Waals surface area contributed by atoms with Crippen molar-refractivity contribution < 1.29 is 0 Å². The fourth-order valence-corrected chi connectivity index (χ4v) is 2.09. The minimum atomic E-state index is 0.760. The molecule has 0 saturated carbocycles. The minimum Gasteiger partial charge on any atom is -0.317 e. The van der Waals surface area contributed by atoms with Crippen LogP contribution in [0, 0.1) is 0 Å². The van der Waals surface area contributed by atoms with E-state index >= 15 is 0 Å². The Hall–Kier alpha value is -0.0800. The first-order valence-corrected chi connectivity index (χ1v) is 7.70. The van der Waals surface area contributed by atoms with Crippen LogP contribution in [0.4, 0.5) is 0 Å². The third-order valence-electron chi connectivity index (χ3n) is 3.56. The standard InChI is InChI=1S/C15H34N2/c1-5-8-13-17(15(4)6-2)14-11-9-10-12-16-7-3/h15-16H,5-14H2,1-4H3. The Morgan fingerprint density at radius 1 is 0.941 bits per heavy atom. The van der Waals surface area contributed by atoms with Crippen LogP contribution >= 0.6 is 0 Å². The molecule has 0 aliphatic rings. The first-order chi connectivity index (χ1) is 8.26. The lowest BCUT2D eigenvalue weighted by atomic mass is 10.1. The molecule has 0 fully saturated rings. The molecule has 1 atom stereocenters. The molecule has 0 spiro atoms. The van der Waals surface area contributed by atoms with E-state index in [1.54, 1.807) is 0 Å². The molecule has 0 aromatic rings. The van der Waals surface area contributed by atoms with Gasteiger partial charge >= 0.3 is 0 Å². The molecule has 2 heteroatoms. The van der Waals surface area contributed by atoms with Gasteiger partial charge in [0.05, 0.1) is 0 Å². The molecule has 0 aromatic carbocycles. The number of nitrogens with one attached hydrogen (secondary N) is 1. The summed E-state index contributed by atoms with van der Waals surface area (Å²) in [6.07, 6.45) is 8.00. The average Bonchev–Trinajstić information content (AvgIpc) is 2.36. The van der Waals surface area contributed by atoms with Gasteiger partial charge in [-0.15, -0.1) is 0 Å². The third-order valence-corrected chi connectivity index (χ3v) is 3.56. The Bertz CT molecular complexity index is 148. The number of nitrogens with zero attached hydrogens (tertiary/aromatic N) is 1. The summed E-state index contributed by atoms with van der Waals surface area (Å²) in [5, 5.41) is 3.39. The molecule has 0 heterocycles. The van der Waals surface area contributed by atoms with Gasteiger partial charge in [-0.25, -0.2) is 0 Å². The summed E-state index contributed by atoms with van der Waals surface area (Å²) in [6.45, 7) is 14.0. The third kappa shape index (κ3) is 9.61. The molecule has 0 aromatic heterocycles. The molecule has 0 radical (unpaired) electrons. The maximum atomic E-state index is 3.39. The van der Waals surface area contributed by atoms with Gasteiger partial charge in [0.2, 0.25) is 0 Å². The van der Waals surface area contributed by atoms with Crippen molar-refractivity contribution in [2.24, 2.45) is 0 Å². The number of rotatable bonds is 12. The molecule has 0 aliphatic carbocycles. The fraction of sp³-hybridized carbons (Fsp3) is 1.00. The summed E-state index contributed by atoms with van der Waals surface area (Å²) >= 11 is 0. The van der Waals surface area contributed by atoms with Crippen molar-refractivity contribution in [1.82, 2.24) is 10.2 Å². The smallest absolute Gasteiger partial charge is 0.00643 e. The zero-order valence-corrected chi connectivity index (χ0v) is 12.6. The van der Waals surface area contributed by atoms with Crippen molar-refractivity contribution >= 4 is 0 Å². The molecule has 0 amide bonds. The maximum Gasteiger partial charge on any atom is 0.00643 e. The van der Waals surface area contributed by atoms with E-state index in [0.29, 0.717) is 0 Å². The fourth-order valence-electron chi connectivity index (χ4n) is 2.09. The van der Waals surface area contributed by atoms with Crippen LogP contribution in [-0.2, 0) is 0 Å². The van der Waals surface area contributed by atoms with E-state index in [1.807, 2.05) is 0 Å². The largest absolute Gasteiger partial charge is 0.317 e. The molecule has 1 N–H and O–H groups in total. The van der Waals surface area contributed by atoms with Crippen molar-refractivity contribution in [2.45, 2.75) is 72.3 Å². The zero-order valence-electron chi connectivity index (χ0n) is 12.6. The summed E-state index contributed by atoms with van der Waals surface area (Å²) in [6, 6.07) is 0.760. The highest BCUT2D eigenvalue weighted by molar-refractivity contribution is 4.66. The van der Waals surface area contributed by atoms with Gasteiger partial charge < -0.3 is 10.2 Å². The molecule has 0 aliphatic heterocycles. The normalized spacial score (nSPS) is 13.2. The second kappa shape index (κ2) is 12.4. The summed E-state index contributed by atoms with van der Waals surface area (Å²) in [7, 11) is 0. The Morgan fingerprint density at radius 2 is 1.65 bits per heavy atom. The van der Waals surface area contributed by atoms with E-state index < -0.39 is 0 Å². The van der Waals surface area contributed by atoms with Gasteiger partial charge in [0, 0.05) is 6.04 Å². The van der Waals surface area contributed by atoms with Gasteiger partial charge in [0.25, 0.3) is 0 Å². The lowest BCUT2D eigenvalue weighted by Crippen LogP contribution is -2.34. The van der Waals surface area contributed by atoms with Gasteiger partial charge in [0.15, 0.2) is 0 Å². The van der Waals surface area contributed by atoms with E-state index in [9.17, 15) is 0 Å². The van der Waals surface area contributed by atoms with Crippen molar-refractivity contribution in [2.75, 3.05) is 26.2 Å². The zero-order chi connectivity index (χ0) is 12.9. The first-order valence-electron chi connectivity index (χ1n) is 7.70. The Kier molecular flexibility index (Phi) is 12.3. The van der Waals surface area contributed by atoms with Gasteiger partial charge in [0.1, 0.15) is 0 Å². The van der Waals surface area contributed by atoms with Gasteiger partial charge in [-0.05, 0) is 58.8 Å². The van der Waals surface area contributed by atoms with E-state index in [4.69, 9.17) is 0 Å². The van der Waals surface area contributed by atoms with Crippen LogP contribution in [-0.4, -0.2) is 37.1 Å². The van der Waals surface area contributed by atoms with Crippen LogP contribution < -0.4 is 5.32 Å². The maximum absolute atomic E-state index is 3.39. The van der Waals surface area contributed by atoms with Gasteiger partial charge in [-0.2, -0.15) is 0 Å². The molecule has 104 valence electrons. The molecular formula is C15H34N2. The van der Waals surface area contributed by atoms with Crippen molar-refractivity contribution in [3.05, 3.63) is 0 Å². The molecule has 0 saturated heterocycles. The summed E-state index contributed by atoms with van der Waals surface area (Å²) in [5.41, 5.74) is 0. The molecule has 1 unspecified atom stereocenters. The Morgan fingerprint density at radius 3 is 2.24 bits per heavy atom. The lowest BCUT2D eigenvalue weighted by Gasteiger charge is -2.28. The van der Waals surface area contributed by atoms with Crippen LogP contribution in [0.15, 0.2) is 0 Å². The Balaban J connectivity index is 3.60. The highest BCUT2D eigenvalue weighted by Gasteiger charge is 2.10. The highest BCUT2D eigenvalue weighted by atomic mass is 15.1. The monoisotopic (exact) mass is 242 g/mol. The predicted molar refractivity (Wildman–Crippen MR) is 78.6 cm³/mol. The molecule has 17 heavy (non-hydrogen) atoms. The summed E-state index contributed by atoms with van der Waals surface area (Å²) < 4.78 is 0. The molecule has 0 bridgehead atoms. The van der Waals surface area contributed by atoms with Crippen LogP contribution in [0.25, 0.3) is 0 Å². The van der Waals surface area contributed by atoms with E-state index in [-0.39, 0.29) is 0 Å². The second-order valence-electron chi connectivity index (χ2n) is 5.06. The van der Waals surface area contributed by atoms with Crippen LogP contribution in [0.3, 0.4) is 0 Å². The summed E-state index contributed by atoms with van der Waals surface area (Å²) in [5.74, 6) is 0. The van der Waals surface area contributed by atoms with Gasteiger partial charge in [-0.1, -0.05) is 33.6 Å². The SMILES string of the molecule is CCCCN(CCCCCNCC)C(C)CC. The minimum absolute atomic E-state index is 0.760. The number of hydrogen-bond acceptors (Lipinski definition) is 2. The van der Waals surface area contributed by atoms with Crippen molar-refractivity contribution in [3.63, 3.8) is 0 Å². The van der Waals surface area contributed by atoms with E-state index in [2.05, 4.69) is 37.9 Å². The van der Waals surface area contributed by atoms with E-state index in [1.165, 1.54) is 58.2 Å². The van der Waals surface area contributed by atoms with Crippen molar-refractivity contribution in [1.29, 1.82) is 0 Å². The highest BCUT2D eigenvalue weighted by Crippen LogP contribution is 2.08. The van der Waals surface area contributed by atoms with Crippen molar-refractivity contribution in [3.8, 4) is 0 Å². The predicted octanol–water partition coefficient (Wildman–Crippen LogP) is 3.67. The van der Waals surface area contributed by atoms with E-state index in [0.717, 1.165) is 12.6 Å². The molecule has 0 rings (SSSR count). The summed E-state index contributed by atoms with van der Waals surface area (Å²) in [4.78, 5) is 2.68. The molecular weight excluding hydrogens is 208 g/mol. The quantitative estimate of drug-likeness (QED) is 0.525. The number of hydrogen-bond donors (Lipinski definition) is 1. The second-order valence-corrected chi connectivity index (χ2v) is 5.06. The first kappa shape index (κ1) is 16.9. The average molecular weight is 242 g/mol. The van der Waals surface area contributed by atoms with Crippen LogP contribution in [0.2, 0.25) is 0 Å². The topological polar surface area (TPSA) is 15.3 Å². The number of unbranched alkanes of at least 4 members (excludes halogenated alkanes) is 3. The molecule has 2 nitrogen and oxygen atoms in total. The van der Waals surface area contributed by atoms with Crippen LogP contribution in [0.5, 0.6) is 0 Å². The van der Waals surface area contributed by atoms with Gasteiger partial charge in [-0.3, -0.25) is 0 Å².